The van der Waals surface area contributed by atoms with Crippen molar-refractivity contribution >= 4 is 35.0 Å². The molecule has 1 saturated carbocycles. The summed E-state index contributed by atoms with van der Waals surface area (Å²) >= 11 is 1.60. The van der Waals surface area contributed by atoms with Gasteiger partial charge in [-0.25, -0.2) is 4.98 Å². The Labute approximate surface area is 346 Å². The fourth-order valence-electron chi connectivity index (χ4n) is 8.62. The van der Waals surface area contributed by atoms with Gasteiger partial charge in [0.2, 0.25) is 17.7 Å². The number of ether oxygens (including phenoxy) is 2. The average Bonchev–Trinajstić information content (AvgIpc) is 3.85. The molecule has 1 aromatic heterocycles. The molecule has 12 heteroatoms. The molecular formula is C46H57N5O6S. The van der Waals surface area contributed by atoms with E-state index >= 15 is 0 Å². The lowest BCUT2D eigenvalue weighted by molar-refractivity contribution is -0.144. The van der Waals surface area contributed by atoms with Crippen LogP contribution in [0.5, 0.6) is 11.5 Å². The quantitative estimate of drug-likeness (QED) is 0.118. The fourth-order valence-corrected chi connectivity index (χ4v) is 9.43. The van der Waals surface area contributed by atoms with E-state index in [1.54, 1.807) is 40.5 Å². The molecule has 3 aromatic carbocycles. The van der Waals surface area contributed by atoms with Gasteiger partial charge >= 0.3 is 0 Å². The second kappa shape index (κ2) is 17.4. The zero-order valence-corrected chi connectivity index (χ0v) is 35.8. The van der Waals surface area contributed by atoms with E-state index in [0.29, 0.717) is 43.0 Å². The zero-order valence-electron chi connectivity index (χ0n) is 34.9. The molecule has 3 N–H and O–H groups in total. The molecule has 2 aliphatic rings. The molecule has 0 bridgehead atoms. The van der Waals surface area contributed by atoms with Gasteiger partial charge in [0.05, 0.1) is 22.7 Å². The molecule has 308 valence electrons. The minimum Gasteiger partial charge on any atom is -0.457 e. The summed E-state index contributed by atoms with van der Waals surface area (Å²) in [5.41, 5.74) is 5.82. The molecular weight excluding hydrogens is 751 g/mol. The van der Waals surface area contributed by atoms with E-state index in [1.807, 2.05) is 81.7 Å². The number of carbonyl (C=O) groups excluding carboxylic acids is 4. The third-order valence-corrected chi connectivity index (χ3v) is 12.2. The number of benzene rings is 3. The van der Waals surface area contributed by atoms with Crippen LogP contribution in [-0.4, -0.2) is 64.8 Å². The molecule has 0 radical (unpaired) electrons. The van der Waals surface area contributed by atoms with Gasteiger partial charge in [-0.3, -0.25) is 19.2 Å². The third-order valence-electron chi connectivity index (χ3n) is 11.2. The summed E-state index contributed by atoms with van der Waals surface area (Å²) in [7, 11) is 0. The second-order valence-electron chi connectivity index (χ2n) is 18.1. The molecule has 6 rings (SSSR count). The molecule has 0 spiro atoms. The third kappa shape index (κ3) is 10.1. The normalized spacial score (nSPS) is 17.9. The summed E-state index contributed by atoms with van der Waals surface area (Å²) in [5, 5.41) is 9.12. The Morgan fingerprint density at radius 2 is 1.52 bits per heavy atom. The first-order chi connectivity index (χ1) is 27.4. The highest BCUT2D eigenvalue weighted by molar-refractivity contribution is 7.13. The molecule has 0 unspecified atom stereocenters. The molecule has 4 aromatic rings. The number of aromatic nitrogens is 1. The van der Waals surface area contributed by atoms with Crippen LogP contribution in [0.3, 0.4) is 0 Å². The van der Waals surface area contributed by atoms with Crippen molar-refractivity contribution in [3.63, 3.8) is 0 Å². The van der Waals surface area contributed by atoms with E-state index in [2.05, 4.69) is 48.6 Å². The highest BCUT2D eigenvalue weighted by Crippen LogP contribution is 2.53. The number of aryl methyl sites for hydroxylation is 1. The number of rotatable bonds is 14. The van der Waals surface area contributed by atoms with Crippen LogP contribution < -0.4 is 20.7 Å². The second-order valence-corrected chi connectivity index (χ2v) is 18.9. The highest BCUT2D eigenvalue weighted by Gasteiger charge is 2.53. The van der Waals surface area contributed by atoms with Crippen LogP contribution in [0.25, 0.3) is 10.4 Å². The number of amides is 4. The van der Waals surface area contributed by atoms with Crippen molar-refractivity contribution in [1.29, 1.82) is 0 Å². The SMILES string of the molecule is Cc1ncsc1-c1ccc(CNC(=O)[C@@H]2CCCN2C(=O)[C@@H](NC(=O)COCc2ccc(Oc3ccc(C(=O)NC4C(C)(C)CC4(C)C)cc3)cc2)C(C)(C)C)cc1. The van der Waals surface area contributed by atoms with Crippen LogP contribution in [0, 0.1) is 23.2 Å². The number of thiazole rings is 1. The monoisotopic (exact) mass is 807 g/mol. The number of hydrogen-bond donors (Lipinski definition) is 3. The van der Waals surface area contributed by atoms with Crippen molar-refractivity contribution in [3.8, 4) is 21.9 Å². The van der Waals surface area contributed by atoms with Crippen molar-refractivity contribution in [3.05, 3.63) is 101 Å². The summed E-state index contributed by atoms with van der Waals surface area (Å²) in [4.78, 5) is 60.5. The average molecular weight is 808 g/mol. The summed E-state index contributed by atoms with van der Waals surface area (Å²) < 4.78 is 11.8. The number of nitrogens with zero attached hydrogens (tertiary/aromatic N) is 2. The lowest BCUT2D eigenvalue weighted by Crippen LogP contribution is -2.63. The first-order valence-electron chi connectivity index (χ1n) is 20.0. The topological polar surface area (TPSA) is 139 Å². The number of carbonyl (C=O) groups is 4. The van der Waals surface area contributed by atoms with Crippen molar-refractivity contribution in [2.75, 3.05) is 13.2 Å². The van der Waals surface area contributed by atoms with E-state index in [1.165, 1.54) is 0 Å². The first-order valence-corrected chi connectivity index (χ1v) is 20.9. The van der Waals surface area contributed by atoms with Gasteiger partial charge in [-0.15, -0.1) is 11.3 Å². The van der Waals surface area contributed by atoms with Crippen LogP contribution >= 0.6 is 11.3 Å². The van der Waals surface area contributed by atoms with E-state index in [4.69, 9.17) is 9.47 Å². The molecule has 4 amide bonds. The van der Waals surface area contributed by atoms with Crippen LogP contribution in [-0.2, 0) is 32.3 Å². The summed E-state index contributed by atoms with van der Waals surface area (Å²) in [6, 6.07) is 21.1. The fraction of sp³-hybridized carbons (Fsp3) is 0.457. The van der Waals surface area contributed by atoms with Crippen LogP contribution in [0.15, 0.2) is 78.3 Å². The Morgan fingerprint density at radius 1 is 0.897 bits per heavy atom. The Bertz CT molecular complexity index is 2070. The lowest BCUT2D eigenvalue weighted by atomic mass is 9.52. The van der Waals surface area contributed by atoms with Gasteiger partial charge in [0.1, 0.15) is 30.2 Å². The van der Waals surface area contributed by atoms with Crippen LogP contribution in [0.1, 0.15) is 94.9 Å². The van der Waals surface area contributed by atoms with Gasteiger partial charge in [0.15, 0.2) is 0 Å². The minimum absolute atomic E-state index is 0.0692. The Balaban J connectivity index is 0.950. The zero-order chi connectivity index (χ0) is 41.8. The minimum atomic E-state index is -0.846. The maximum Gasteiger partial charge on any atom is 0.251 e. The highest BCUT2D eigenvalue weighted by atomic mass is 32.1. The van der Waals surface area contributed by atoms with Gasteiger partial charge in [-0.05, 0) is 95.5 Å². The molecule has 58 heavy (non-hydrogen) atoms. The van der Waals surface area contributed by atoms with Gasteiger partial charge < -0.3 is 30.3 Å². The molecule has 11 nitrogen and oxygen atoms in total. The molecule has 1 aliphatic carbocycles. The van der Waals surface area contributed by atoms with Gasteiger partial charge in [-0.2, -0.15) is 0 Å². The Hall–Kier alpha value is -5.07. The molecule has 2 atom stereocenters. The number of nitrogens with one attached hydrogen (secondary N) is 3. The first kappa shape index (κ1) is 42.5. The molecule has 2 heterocycles. The van der Waals surface area contributed by atoms with Crippen molar-refractivity contribution in [2.45, 2.75) is 106 Å². The summed E-state index contributed by atoms with van der Waals surface area (Å²) in [5.74, 6) is 0.235. The van der Waals surface area contributed by atoms with Gasteiger partial charge in [-0.1, -0.05) is 84.9 Å². The summed E-state index contributed by atoms with van der Waals surface area (Å²) in [6.07, 6.45) is 2.32. The van der Waals surface area contributed by atoms with Crippen LogP contribution in [0.4, 0.5) is 0 Å². The van der Waals surface area contributed by atoms with Gasteiger partial charge in [0, 0.05) is 24.7 Å². The van der Waals surface area contributed by atoms with E-state index < -0.39 is 23.4 Å². The standard InChI is InChI=1S/C46H57N5O6S/c1-29-38(58-28-48-29)32-15-11-30(12-16-32)24-47-41(54)36-10-9-23-51(36)42(55)39(44(2,3)4)49-37(52)26-56-25-31-13-19-34(20-14-31)57-35-21-17-33(18-22-35)40(53)50-43-45(5,6)27-46(43,7)8/h11-22,28,36,39,43H,9-10,23-27H2,1-8H3,(H,47,54)(H,49,52)(H,50,53)/t36-,39+/m0/s1. The predicted octanol–water partition coefficient (Wildman–Crippen LogP) is 7.82. The Morgan fingerprint density at radius 3 is 2.10 bits per heavy atom. The van der Waals surface area contributed by atoms with Crippen LogP contribution in [0.2, 0.25) is 0 Å². The Kier molecular flexibility index (Phi) is 12.8. The van der Waals surface area contributed by atoms with E-state index in [-0.39, 0.29) is 47.8 Å². The number of likely N-dealkylation sites (tertiary alicyclic amines) is 1. The molecule has 2 fully saturated rings. The lowest BCUT2D eigenvalue weighted by Gasteiger charge is -2.57. The van der Waals surface area contributed by atoms with Crippen molar-refractivity contribution in [1.82, 2.24) is 25.8 Å². The largest absolute Gasteiger partial charge is 0.457 e. The maximum absolute atomic E-state index is 13.9. The van der Waals surface area contributed by atoms with Gasteiger partial charge in [0.25, 0.3) is 5.91 Å². The van der Waals surface area contributed by atoms with Crippen molar-refractivity contribution in [2.24, 2.45) is 16.2 Å². The molecule has 1 aliphatic heterocycles. The molecule has 1 saturated heterocycles. The van der Waals surface area contributed by atoms with E-state index in [0.717, 1.165) is 33.7 Å². The van der Waals surface area contributed by atoms with Crippen molar-refractivity contribution < 1.29 is 28.7 Å². The number of hydrogen-bond acceptors (Lipinski definition) is 8. The summed E-state index contributed by atoms with van der Waals surface area (Å²) in [6.45, 7) is 17.1. The van der Waals surface area contributed by atoms with E-state index in [9.17, 15) is 19.2 Å². The smallest absolute Gasteiger partial charge is 0.251 e. The predicted molar refractivity (Wildman–Crippen MR) is 226 cm³/mol. The maximum atomic E-state index is 13.9.